The Morgan fingerprint density at radius 1 is 1.41 bits per heavy atom. The molecule has 0 unspecified atom stereocenters. The van der Waals surface area contributed by atoms with Gasteiger partial charge in [0.1, 0.15) is 17.4 Å². The molecule has 2 amide bonds. The Kier molecular flexibility index (Phi) is 3.75. The lowest BCUT2D eigenvalue weighted by Crippen LogP contribution is -2.53. The van der Waals surface area contributed by atoms with Gasteiger partial charge in [0.15, 0.2) is 0 Å². The van der Waals surface area contributed by atoms with Gasteiger partial charge >= 0.3 is 6.09 Å². The van der Waals surface area contributed by atoms with E-state index in [2.05, 4.69) is 0 Å². The van der Waals surface area contributed by atoms with E-state index < -0.39 is 23.6 Å². The van der Waals surface area contributed by atoms with Gasteiger partial charge in [0.25, 0.3) is 0 Å². The molecule has 6 nitrogen and oxygen atoms in total. The number of piperidine rings is 1. The first-order valence-electron chi connectivity index (χ1n) is 5.51. The fraction of sp³-hybridized carbons (Fsp3) is 0.727. The zero-order valence-corrected chi connectivity index (χ0v) is 10.4. The molecule has 17 heavy (non-hydrogen) atoms. The number of rotatable bonds is 1. The summed E-state index contributed by atoms with van der Waals surface area (Å²) < 4.78 is 5.16. The van der Waals surface area contributed by atoms with Crippen LogP contribution in [0.1, 0.15) is 33.6 Å². The zero-order chi connectivity index (χ0) is 13.2. The normalized spacial score (nSPS) is 21.2. The van der Waals surface area contributed by atoms with Crippen LogP contribution in [0.5, 0.6) is 0 Å². The average Bonchev–Trinajstić information content (AvgIpc) is 2.14. The number of likely N-dealkylation sites (tertiary alicyclic amines) is 1. The summed E-state index contributed by atoms with van der Waals surface area (Å²) in [6.07, 6.45) is -0.383. The van der Waals surface area contributed by atoms with E-state index in [1.807, 2.05) is 0 Å². The lowest BCUT2D eigenvalue weighted by atomic mass is 10.0. The van der Waals surface area contributed by atoms with Crippen LogP contribution in [0.3, 0.4) is 0 Å². The molecular formula is C11H18N2O4. The van der Waals surface area contributed by atoms with Gasteiger partial charge in [0.05, 0.1) is 0 Å². The summed E-state index contributed by atoms with van der Waals surface area (Å²) in [6, 6.07) is -0.883. The first-order valence-corrected chi connectivity index (χ1v) is 5.51. The third kappa shape index (κ3) is 3.72. The molecule has 6 heteroatoms. The van der Waals surface area contributed by atoms with Crippen molar-refractivity contribution in [1.82, 2.24) is 4.90 Å². The van der Waals surface area contributed by atoms with Crippen molar-refractivity contribution in [2.45, 2.75) is 45.3 Å². The highest BCUT2D eigenvalue weighted by molar-refractivity contribution is 5.92. The Labute approximate surface area is 100 Å². The zero-order valence-electron chi connectivity index (χ0n) is 10.4. The van der Waals surface area contributed by atoms with Crippen molar-refractivity contribution in [2.24, 2.45) is 5.73 Å². The number of nitrogens with zero attached hydrogens (tertiary/aromatic N) is 1. The van der Waals surface area contributed by atoms with Gasteiger partial charge in [0, 0.05) is 19.4 Å². The Balaban J connectivity index is 2.76. The topological polar surface area (TPSA) is 89.7 Å². The third-order valence-corrected chi connectivity index (χ3v) is 2.39. The number of primary amides is 1. The van der Waals surface area contributed by atoms with E-state index in [-0.39, 0.29) is 25.2 Å². The minimum absolute atomic E-state index is 0.0193. The molecule has 0 saturated carbocycles. The lowest BCUT2D eigenvalue weighted by Gasteiger charge is -2.34. The maximum Gasteiger partial charge on any atom is 0.410 e. The van der Waals surface area contributed by atoms with E-state index in [0.29, 0.717) is 0 Å². The highest BCUT2D eigenvalue weighted by Crippen LogP contribution is 2.18. The summed E-state index contributed by atoms with van der Waals surface area (Å²) in [4.78, 5) is 35.5. The van der Waals surface area contributed by atoms with Gasteiger partial charge in [-0.25, -0.2) is 4.79 Å². The second-order valence-electron chi connectivity index (χ2n) is 5.08. The van der Waals surface area contributed by atoms with E-state index in [9.17, 15) is 14.4 Å². The van der Waals surface area contributed by atoms with Gasteiger partial charge in [-0.3, -0.25) is 14.5 Å². The minimum Gasteiger partial charge on any atom is -0.444 e. The van der Waals surface area contributed by atoms with Crippen LogP contribution >= 0.6 is 0 Å². The molecule has 0 aromatic rings. The van der Waals surface area contributed by atoms with Crippen molar-refractivity contribution in [1.29, 1.82) is 0 Å². The van der Waals surface area contributed by atoms with Crippen molar-refractivity contribution < 1.29 is 19.1 Å². The van der Waals surface area contributed by atoms with E-state index in [1.54, 1.807) is 20.8 Å². The first kappa shape index (κ1) is 13.5. The number of amides is 2. The Morgan fingerprint density at radius 3 is 2.47 bits per heavy atom. The first-order chi connectivity index (χ1) is 7.70. The summed E-state index contributed by atoms with van der Waals surface area (Å²) in [5, 5.41) is 0. The lowest BCUT2D eigenvalue weighted by molar-refractivity contribution is -0.131. The van der Waals surface area contributed by atoms with Crippen LogP contribution in [0, 0.1) is 0 Å². The molecule has 1 saturated heterocycles. The van der Waals surface area contributed by atoms with Gasteiger partial charge in [-0.15, -0.1) is 0 Å². The van der Waals surface area contributed by atoms with Crippen molar-refractivity contribution in [3.63, 3.8) is 0 Å². The second kappa shape index (κ2) is 4.73. The largest absolute Gasteiger partial charge is 0.444 e. The molecule has 1 atom stereocenters. The summed E-state index contributed by atoms with van der Waals surface area (Å²) in [5.41, 5.74) is 4.54. The highest BCUT2D eigenvalue weighted by atomic mass is 16.6. The molecular weight excluding hydrogens is 224 g/mol. The molecule has 0 aliphatic carbocycles. The molecule has 1 fully saturated rings. The predicted octanol–water partition coefficient (Wildman–Crippen LogP) is 0.440. The molecule has 0 aromatic heterocycles. The number of nitrogens with two attached hydrogens (primary N) is 1. The van der Waals surface area contributed by atoms with E-state index in [1.165, 1.54) is 4.90 Å². The van der Waals surface area contributed by atoms with Gasteiger partial charge in [-0.2, -0.15) is 0 Å². The minimum atomic E-state index is -0.883. The van der Waals surface area contributed by atoms with Crippen LogP contribution in [-0.4, -0.2) is 40.9 Å². The van der Waals surface area contributed by atoms with E-state index >= 15 is 0 Å². The molecule has 1 heterocycles. The van der Waals surface area contributed by atoms with Crippen LogP contribution in [0.4, 0.5) is 4.79 Å². The highest BCUT2D eigenvalue weighted by Gasteiger charge is 2.36. The fourth-order valence-corrected chi connectivity index (χ4v) is 1.62. The quantitative estimate of drug-likeness (QED) is 0.722. The number of carbonyl (C=O) groups excluding carboxylic acids is 3. The number of ether oxygens (including phenoxy) is 1. The Bertz CT molecular complexity index is 346. The smallest absolute Gasteiger partial charge is 0.410 e. The van der Waals surface area contributed by atoms with E-state index in [0.717, 1.165) is 0 Å². The Morgan fingerprint density at radius 2 is 2.00 bits per heavy atom. The van der Waals surface area contributed by atoms with Crippen LogP contribution in [0.15, 0.2) is 0 Å². The fourth-order valence-electron chi connectivity index (χ4n) is 1.62. The molecule has 0 radical (unpaired) electrons. The number of Topliss-reactive ketones (excluding diaryl/α,β-unsaturated/α-hetero) is 1. The number of hydrogen-bond acceptors (Lipinski definition) is 4. The number of ketones is 1. The monoisotopic (exact) mass is 242 g/mol. The summed E-state index contributed by atoms with van der Waals surface area (Å²) in [5.74, 6) is -0.738. The molecule has 1 rings (SSSR count). The van der Waals surface area contributed by atoms with Crippen LogP contribution in [0.25, 0.3) is 0 Å². The van der Waals surface area contributed by atoms with Crippen LogP contribution in [-0.2, 0) is 14.3 Å². The summed E-state index contributed by atoms with van der Waals surface area (Å²) in [6.45, 7) is 5.39. The molecule has 1 aliphatic heterocycles. The third-order valence-electron chi connectivity index (χ3n) is 2.39. The number of hydrogen-bond donors (Lipinski definition) is 1. The maximum atomic E-state index is 11.8. The van der Waals surface area contributed by atoms with Crippen molar-refractivity contribution in [2.75, 3.05) is 6.54 Å². The predicted molar refractivity (Wildman–Crippen MR) is 60.2 cm³/mol. The summed E-state index contributed by atoms with van der Waals surface area (Å²) >= 11 is 0. The van der Waals surface area contributed by atoms with E-state index in [4.69, 9.17) is 10.5 Å². The Hall–Kier alpha value is -1.59. The van der Waals surface area contributed by atoms with Gasteiger partial charge in [-0.05, 0) is 20.8 Å². The molecule has 0 spiro atoms. The molecule has 2 N–H and O–H groups in total. The standard InChI is InChI=1S/C11H18N2O4/c1-11(2,3)17-10(16)13-5-4-7(14)6-8(13)9(12)15/h8H,4-6H2,1-3H3,(H2,12,15)/t8-/m0/s1. The maximum absolute atomic E-state index is 11.8. The molecule has 0 bridgehead atoms. The SMILES string of the molecule is CC(C)(C)OC(=O)N1CCC(=O)C[C@H]1C(N)=O. The molecule has 96 valence electrons. The summed E-state index contributed by atoms with van der Waals surface area (Å²) in [7, 11) is 0. The molecule has 0 aromatic carbocycles. The van der Waals surface area contributed by atoms with Crippen molar-refractivity contribution in [3.8, 4) is 0 Å². The van der Waals surface area contributed by atoms with Crippen molar-refractivity contribution >= 4 is 17.8 Å². The van der Waals surface area contributed by atoms with Gasteiger partial charge < -0.3 is 10.5 Å². The number of carbonyl (C=O) groups is 3. The molecule has 1 aliphatic rings. The van der Waals surface area contributed by atoms with Gasteiger partial charge in [-0.1, -0.05) is 0 Å². The van der Waals surface area contributed by atoms with Crippen LogP contribution < -0.4 is 5.73 Å². The average molecular weight is 242 g/mol. The van der Waals surface area contributed by atoms with Gasteiger partial charge in [0.2, 0.25) is 5.91 Å². The second-order valence-corrected chi connectivity index (χ2v) is 5.08. The van der Waals surface area contributed by atoms with Crippen molar-refractivity contribution in [3.05, 3.63) is 0 Å². The van der Waals surface area contributed by atoms with Crippen LogP contribution in [0.2, 0.25) is 0 Å².